The van der Waals surface area contributed by atoms with E-state index in [1.807, 2.05) is 36.4 Å². The molecule has 0 unspecified atom stereocenters. The summed E-state index contributed by atoms with van der Waals surface area (Å²) < 4.78 is 250. The highest BCUT2D eigenvalue weighted by molar-refractivity contribution is 6.36. The Labute approximate surface area is 846 Å². The van der Waals surface area contributed by atoms with Crippen LogP contribution in [0, 0.1) is 5.82 Å². The molecule has 0 aliphatic carbocycles. The van der Waals surface area contributed by atoms with Crippen molar-refractivity contribution >= 4 is 75.9 Å². The van der Waals surface area contributed by atoms with Gasteiger partial charge in [-0.15, -0.1) is 25.5 Å². The molecule has 0 fully saturated rings. The molecule has 32 nitrogen and oxygen atoms in total. The molecule has 20 rings (SSSR count). The summed E-state index contributed by atoms with van der Waals surface area (Å²) in [7, 11) is 6.65. The van der Waals surface area contributed by atoms with Gasteiger partial charge in [0.15, 0.2) is 11.6 Å². The molecule has 772 valence electrons. The molecule has 0 radical (unpaired) electrons. The molecule has 15 aromatic rings. The Kier molecular flexibility index (Phi) is 30.9. The quantitative estimate of drug-likeness (QED) is 0.0861. The molecule has 0 bridgehead atoms. The van der Waals surface area contributed by atoms with Crippen LogP contribution >= 0.6 is 46.4 Å². The molecule has 0 N–H and O–H groups in total. The van der Waals surface area contributed by atoms with Gasteiger partial charge in [-0.05, 0) is 97.1 Å². The van der Waals surface area contributed by atoms with Gasteiger partial charge in [0.1, 0.15) is 81.9 Å². The van der Waals surface area contributed by atoms with Gasteiger partial charge in [0.25, 0.3) is 29.5 Å². The number of halogens is 21. The van der Waals surface area contributed by atoms with Crippen molar-refractivity contribution in [2.45, 2.75) is 95.7 Å². The molecular formula is C95H77Cl4F17N24O8. The number of alkyl halides is 16. The molecule has 8 aromatic carbocycles. The van der Waals surface area contributed by atoms with E-state index in [1.165, 1.54) is 74.1 Å². The smallest absolute Gasteiger partial charge is 0.419 e. The van der Waals surface area contributed by atoms with Crippen molar-refractivity contribution in [1.82, 2.24) is 119 Å². The van der Waals surface area contributed by atoms with E-state index < -0.39 is 126 Å². The predicted octanol–water partition coefficient (Wildman–Crippen LogP) is 18.0. The number of fused-ring (bicyclic) bond motifs is 5. The Morgan fingerprint density at radius 2 is 0.628 bits per heavy atom. The number of carbonyl (C=O) groups is 5. The first-order chi connectivity index (χ1) is 70.4. The van der Waals surface area contributed by atoms with Crippen LogP contribution in [0.2, 0.25) is 20.1 Å². The fraction of sp³-hybridized carbons (Fsp3) is 0.274. The zero-order valence-electron chi connectivity index (χ0n) is 77.4. The standard InChI is InChI=1S/C21H17ClF4N4O2.C20H16ClF3N4O2.C20H16F4N4O2.2C17H14ClF3N6O/c22-19-13(4-3-5-14(19)21(24,25)26)20(31)29-10-8-16-15(12-29)27-28-30(16)17-6-1-2-7-18(17)32-11-9-23;2*1-30-17-8-3-2-7-16(17)28-15-9-10-27(11-14(15)25-26-28)19(29)12-5-4-6-13(18(12)21)20(22,23)24;1-25-7-6-14(23-25)27-13-5-8-26(9-12(13)22-24-27)16(28)10-3-2-4-11(15(10)18)17(19,20)21;1-25-14(5-7-22-25)27-13-6-8-26(9-12(13)23-24-27)16(28)10-3-2-4-11(15(10)18)17(19,20)21/h1-7H,8-12H2;2*2-8H,9-11H2,1H3;2-4,6-7H,5,8-9H2,1H3;2-5,7H,6,8-9H2,1H3. The van der Waals surface area contributed by atoms with Gasteiger partial charge >= 0.3 is 30.9 Å². The summed E-state index contributed by atoms with van der Waals surface area (Å²) in [5.74, 6) is -1.75. The van der Waals surface area contributed by atoms with Crippen LogP contribution in [0.15, 0.2) is 188 Å². The summed E-state index contributed by atoms with van der Waals surface area (Å²) in [4.78, 5) is 71.0. The summed E-state index contributed by atoms with van der Waals surface area (Å²) >= 11 is 23.6. The van der Waals surface area contributed by atoms with E-state index >= 15 is 0 Å². The second-order valence-corrected chi connectivity index (χ2v) is 34.7. The van der Waals surface area contributed by atoms with Gasteiger partial charge in [-0.1, -0.05) is 139 Å². The fourth-order valence-corrected chi connectivity index (χ4v) is 18.1. The average molecular weight is 2150 g/mol. The number of amides is 5. The molecule has 0 saturated carbocycles. The average Bonchev–Trinajstić information content (AvgIpc) is 1.64. The molecule has 0 saturated heterocycles. The minimum Gasteiger partial charge on any atom is -0.494 e. The number of para-hydroxylation sites is 6. The second-order valence-electron chi connectivity index (χ2n) is 33.2. The third-order valence-electron chi connectivity index (χ3n) is 24.1. The lowest BCUT2D eigenvalue weighted by molar-refractivity contribution is -0.140. The van der Waals surface area contributed by atoms with Gasteiger partial charge in [-0.3, -0.25) is 33.3 Å². The van der Waals surface area contributed by atoms with Crippen molar-refractivity contribution in [3.8, 4) is 45.9 Å². The molecule has 5 aliphatic rings. The summed E-state index contributed by atoms with van der Waals surface area (Å²) in [6, 6.07) is 41.0. The van der Waals surface area contributed by atoms with Crippen LogP contribution in [0.5, 0.6) is 17.2 Å². The van der Waals surface area contributed by atoms with Crippen molar-refractivity contribution in [2.75, 3.05) is 60.2 Å². The van der Waals surface area contributed by atoms with Crippen molar-refractivity contribution < 1.29 is 113 Å². The third kappa shape index (κ3) is 22.2. The van der Waals surface area contributed by atoms with Gasteiger partial charge < -0.3 is 38.7 Å². The predicted molar refractivity (Wildman–Crippen MR) is 494 cm³/mol. The van der Waals surface area contributed by atoms with Crippen LogP contribution < -0.4 is 14.2 Å². The molecule has 7 aromatic heterocycles. The first-order valence-electron chi connectivity index (χ1n) is 44.4. The molecule has 5 amide bonds. The molecule has 12 heterocycles. The maximum absolute atomic E-state index is 14.4. The molecular weight excluding hydrogens is 2070 g/mol. The maximum Gasteiger partial charge on any atom is 0.419 e. The van der Waals surface area contributed by atoms with E-state index in [9.17, 15) is 98.6 Å². The summed E-state index contributed by atoms with van der Waals surface area (Å²) in [6.45, 7) is 1.05. The van der Waals surface area contributed by atoms with Crippen LogP contribution in [0.4, 0.5) is 74.6 Å². The highest BCUT2D eigenvalue weighted by atomic mass is 35.5. The molecule has 5 aliphatic heterocycles. The number of ether oxygens (including phenoxy) is 3. The third-order valence-corrected chi connectivity index (χ3v) is 25.7. The highest BCUT2D eigenvalue weighted by Gasteiger charge is 2.44. The number of aryl methyl sites for hydroxylation is 2. The Balaban J connectivity index is 0.000000132. The lowest BCUT2D eigenvalue weighted by atomic mass is 10.1. The van der Waals surface area contributed by atoms with E-state index in [-0.39, 0.29) is 74.7 Å². The van der Waals surface area contributed by atoms with Gasteiger partial charge in [0.05, 0.1) is 157 Å². The zero-order chi connectivity index (χ0) is 106. The topological polar surface area (TPSA) is 318 Å². The SMILES string of the molecule is COc1ccccc1-n1nnc2c1CCN(C(=O)c1cccc(C(F)(F)F)c1Cl)C2.COc1ccccc1-n1nnc2c1CCN(C(=O)c1cccc(C(F)(F)F)c1F)C2.Cn1ccc(-n2nnc3c2CCN(C(=O)c2cccc(C(F)(F)F)c2Cl)C3)n1.Cn1nccc1-n1nnc2c1CCN(C(=O)c1cccc(C(F)(F)F)c1Cl)C2.O=C(c1cccc(C(F)(F)F)c1Cl)N1CCc2c(nnn2-c2ccccc2OCCF)C1. The first-order valence-corrected chi connectivity index (χ1v) is 45.9. The summed E-state index contributed by atoms with van der Waals surface area (Å²) in [5.41, 5.74) is 1.67. The van der Waals surface area contributed by atoms with Gasteiger partial charge in [-0.25, -0.2) is 22.8 Å². The fourth-order valence-electron chi connectivity index (χ4n) is 16.9. The Bertz CT molecular complexity index is 7330. The molecule has 0 spiro atoms. The Morgan fingerprint density at radius 3 is 0.932 bits per heavy atom. The van der Waals surface area contributed by atoms with Crippen molar-refractivity contribution in [2.24, 2.45) is 14.1 Å². The minimum absolute atomic E-state index is 0.0129. The summed E-state index contributed by atoms with van der Waals surface area (Å²) in [5, 5.41) is 47.3. The van der Waals surface area contributed by atoms with E-state index in [2.05, 4.69) is 61.8 Å². The summed E-state index contributed by atoms with van der Waals surface area (Å²) in [6.07, 6.45) is -18.0. The number of nitrogens with zero attached hydrogens (tertiary/aromatic N) is 24. The number of benzene rings is 8. The Hall–Kier alpha value is -15.4. The largest absolute Gasteiger partial charge is 0.494 e. The monoisotopic (exact) mass is 2140 g/mol. The van der Waals surface area contributed by atoms with Crippen molar-refractivity contribution in [3.63, 3.8) is 0 Å². The molecule has 148 heavy (non-hydrogen) atoms. The lowest BCUT2D eigenvalue weighted by Gasteiger charge is -2.27. The van der Waals surface area contributed by atoms with E-state index in [0.29, 0.717) is 121 Å². The number of rotatable bonds is 15. The second kappa shape index (κ2) is 43.3. The number of hydrogen-bond acceptors (Lipinski definition) is 20. The van der Waals surface area contributed by atoms with Crippen LogP contribution in [-0.4, -0.2) is 209 Å². The lowest BCUT2D eigenvalue weighted by Crippen LogP contribution is -2.37. The maximum atomic E-state index is 14.4. The van der Waals surface area contributed by atoms with Gasteiger partial charge in [-0.2, -0.15) is 85.4 Å². The van der Waals surface area contributed by atoms with Crippen LogP contribution in [0.3, 0.4) is 0 Å². The number of methoxy groups -OCH3 is 2. The Morgan fingerprint density at radius 1 is 0.345 bits per heavy atom. The van der Waals surface area contributed by atoms with Crippen molar-refractivity contribution in [3.05, 3.63) is 327 Å². The zero-order valence-corrected chi connectivity index (χ0v) is 80.4. The minimum atomic E-state index is -4.88. The van der Waals surface area contributed by atoms with Crippen LogP contribution in [-0.2, 0) is 110 Å². The van der Waals surface area contributed by atoms with E-state index in [0.717, 1.165) is 82.4 Å². The van der Waals surface area contributed by atoms with Crippen LogP contribution in [0.1, 0.15) is 137 Å². The molecule has 53 heteroatoms. The number of carbonyl (C=O) groups excluding carboxylic acids is 5. The van der Waals surface area contributed by atoms with Gasteiger partial charge in [0, 0.05) is 97.3 Å². The van der Waals surface area contributed by atoms with E-state index in [1.54, 1.807) is 115 Å². The van der Waals surface area contributed by atoms with E-state index in [4.69, 9.17) is 60.6 Å². The molecule has 0 atom stereocenters. The van der Waals surface area contributed by atoms with Crippen LogP contribution in [0.25, 0.3) is 28.7 Å². The van der Waals surface area contributed by atoms with Gasteiger partial charge in [0.2, 0.25) is 0 Å². The first kappa shape index (κ1) is 105. The number of hydrogen-bond donors (Lipinski definition) is 0. The highest BCUT2D eigenvalue weighted by Crippen LogP contribution is 2.44. The normalized spacial score (nSPS) is 14.0. The number of aromatic nitrogens is 19. The van der Waals surface area contributed by atoms with Crippen molar-refractivity contribution in [1.29, 1.82) is 0 Å².